The van der Waals surface area contributed by atoms with Gasteiger partial charge >= 0.3 is 38.2 Å². The number of carbonyl (C=O) groups excluding carboxylic acids is 3. The van der Waals surface area contributed by atoms with Crippen molar-refractivity contribution in [3.05, 3.63) is 0 Å². The van der Waals surface area contributed by atoms with Gasteiger partial charge in [-0.05, 0) is 32.1 Å². The number of aliphatic carboxylic acids is 3. The molecular formula is C30H57DyO6. The van der Waals surface area contributed by atoms with Crippen molar-refractivity contribution in [2.24, 2.45) is 16.2 Å². The fraction of sp³-hybridized carbons (Fsp3) is 0.900. The number of hydrogen-bond acceptors (Lipinski definition) is 6. The molecule has 6 nitrogen and oxygen atoms in total. The average molecular weight is 676 g/mol. The van der Waals surface area contributed by atoms with Crippen molar-refractivity contribution in [1.29, 1.82) is 0 Å². The van der Waals surface area contributed by atoms with E-state index in [4.69, 9.17) is 0 Å². The molecule has 0 aliphatic heterocycles. The van der Waals surface area contributed by atoms with Crippen molar-refractivity contribution in [2.75, 3.05) is 0 Å². The Hall–Kier alpha value is -0.317. The molecule has 0 spiro atoms. The van der Waals surface area contributed by atoms with Crippen LogP contribution < -0.4 is 15.3 Å². The van der Waals surface area contributed by atoms with E-state index >= 15 is 0 Å². The van der Waals surface area contributed by atoms with Crippen molar-refractivity contribution >= 4 is 17.9 Å². The van der Waals surface area contributed by atoms with Crippen molar-refractivity contribution in [3.63, 3.8) is 0 Å². The number of hydrogen-bond donors (Lipinski definition) is 0. The minimum atomic E-state index is -0.931. The van der Waals surface area contributed by atoms with Gasteiger partial charge in [0.15, 0.2) is 0 Å². The minimum Gasteiger partial charge on any atom is -0.550 e. The summed E-state index contributed by atoms with van der Waals surface area (Å²) in [5.74, 6) is -2.73. The predicted octanol–water partition coefficient (Wildman–Crippen LogP) is 5.20. The maximum atomic E-state index is 10.7. The largest absolute Gasteiger partial charge is 3.00 e. The van der Waals surface area contributed by atoms with Crippen LogP contribution in [0.4, 0.5) is 0 Å². The summed E-state index contributed by atoms with van der Waals surface area (Å²) in [5.41, 5.74) is -1.85. The minimum absolute atomic E-state index is 0. The third-order valence-corrected chi connectivity index (χ3v) is 7.42. The summed E-state index contributed by atoms with van der Waals surface area (Å²) in [7, 11) is 0. The Balaban J connectivity index is -0.000000218. The molecule has 2 atom stereocenters. The van der Waals surface area contributed by atoms with Gasteiger partial charge in [0.05, 0.1) is 0 Å². The van der Waals surface area contributed by atoms with Crippen LogP contribution >= 0.6 is 0 Å². The molecule has 0 aromatic rings. The summed E-state index contributed by atoms with van der Waals surface area (Å²) in [6.45, 7) is 17.2. The fourth-order valence-corrected chi connectivity index (χ4v) is 3.47. The molecule has 0 aliphatic rings. The van der Waals surface area contributed by atoms with Crippen LogP contribution in [0.2, 0.25) is 0 Å². The zero-order chi connectivity index (χ0) is 28.8. The van der Waals surface area contributed by atoms with Crippen LogP contribution in [-0.2, 0) is 14.4 Å². The van der Waals surface area contributed by atoms with Crippen molar-refractivity contribution < 1.29 is 67.9 Å². The summed E-state index contributed by atoms with van der Waals surface area (Å²) in [5, 5.41) is 32.0. The van der Waals surface area contributed by atoms with E-state index in [1.807, 2.05) is 13.8 Å². The molecule has 0 aromatic carbocycles. The van der Waals surface area contributed by atoms with Gasteiger partial charge in [-0.2, -0.15) is 0 Å². The van der Waals surface area contributed by atoms with Gasteiger partial charge in [-0.15, -0.1) is 0 Å². The Morgan fingerprint density at radius 3 is 1.03 bits per heavy atom. The normalized spacial score (nSPS) is 13.9. The number of carboxylic acid groups (broad SMARTS) is 3. The molecule has 0 saturated carbocycles. The maximum Gasteiger partial charge on any atom is 3.00 e. The monoisotopic (exact) mass is 677 g/mol. The van der Waals surface area contributed by atoms with E-state index in [9.17, 15) is 29.7 Å². The molecular weight excluding hydrogens is 619 g/mol. The van der Waals surface area contributed by atoms with Crippen molar-refractivity contribution in [1.82, 2.24) is 0 Å². The van der Waals surface area contributed by atoms with Crippen LogP contribution in [0.1, 0.15) is 159 Å². The zero-order valence-corrected chi connectivity index (χ0v) is 27.4. The molecule has 0 fully saturated rings. The van der Waals surface area contributed by atoms with Gasteiger partial charge in [0.1, 0.15) is 0 Å². The van der Waals surface area contributed by atoms with Gasteiger partial charge in [-0.3, -0.25) is 0 Å². The van der Waals surface area contributed by atoms with E-state index in [1.165, 1.54) is 12.8 Å². The Bertz CT molecular complexity index is 559. The second-order valence-corrected chi connectivity index (χ2v) is 11.3. The smallest absolute Gasteiger partial charge is 0.550 e. The quantitative estimate of drug-likeness (QED) is 0.184. The van der Waals surface area contributed by atoms with E-state index in [-0.39, 0.29) is 38.2 Å². The molecule has 0 rings (SSSR count). The molecule has 1 radical (unpaired) electrons. The van der Waals surface area contributed by atoms with Crippen LogP contribution in [0.3, 0.4) is 0 Å². The van der Waals surface area contributed by atoms with Crippen LogP contribution in [-0.4, -0.2) is 17.9 Å². The standard InChI is InChI=1S/3C10H20O2.Dy/c1-4-5-6-7-8-10(2,3)9(11)12;2*1-4-6-7-8-10(3,5-2)9(11)12;/h3*4-8H2,1-3H3,(H,11,12);/q;;;+3/p-3. The maximum absolute atomic E-state index is 10.7. The van der Waals surface area contributed by atoms with Crippen LogP contribution in [0.5, 0.6) is 0 Å². The summed E-state index contributed by atoms with van der Waals surface area (Å²) < 4.78 is 0. The van der Waals surface area contributed by atoms with E-state index in [0.29, 0.717) is 12.8 Å². The molecule has 0 amide bonds. The molecule has 0 saturated heterocycles. The van der Waals surface area contributed by atoms with Crippen LogP contribution in [0.15, 0.2) is 0 Å². The molecule has 37 heavy (non-hydrogen) atoms. The summed E-state index contributed by atoms with van der Waals surface area (Å²) in [6.07, 6.45) is 14.6. The van der Waals surface area contributed by atoms with E-state index in [0.717, 1.165) is 70.6 Å². The first-order chi connectivity index (χ1) is 16.6. The fourth-order valence-electron chi connectivity index (χ4n) is 3.47. The molecule has 0 aromatic heterocycles. The first-order valence-corrected chi connectivity index (χ1v) is 14.3. The Morgan fingerprint density at radius 1 is 0.486 bits per heavy atom. The zero-order valence-electron chi connectivity index (χ0n) is 25.4. The summed E-state index contributed by atoms with van der Waals surface area (Å²) >= 11 is 0. The first-order valence-electron chi connectivity index (χ1n) is 14.3. The summed E-state index contributed by atoms with van der Waals surface area (Å²) in [4.78, 5) is 32.0. The van der Waals surface area contributed by atoms with Gasteiger partial charge in [0.25, 0.3) is 0 Å². The molecule has 0 heterocycles. The van der Waals surface area contributed by atoms with Crippen LogP contribution in [0, 0.1) is 54.4 Å². The number of rotatable bonds is 18. The van der Waals surface area contributed by atoms with E-state index in [2.05, 4.69) is 20.8 Å². The third-order valence-electron chi connectivity index (χ3n) is 7.42. The van der Waals surface area contributed by atoms with Crippen molar-refractivity contribution in [2.45, 2.75) is 159 Å². The van der Waals surface area contributed by atoms with Gasteiger partial charge in [0, 0.05) is 34.2 Å². The van der Waals surface area contributed by atoms with Gasteiger partial charge < -0.3 is 29.7 Å². The number of carboxylic acids is 3. The molecule has 223 valence electrons. The Morgan fingerprint density at radius 2 is 0.784 bits per heavy atom. The topological polar surface area (TPSA) is 120 Å². The Kier molecular flexibility index (Phi) is 29.2. The second-order valence-electron chi connectivity index (χ2n) is 11.3. The first kappa shape index (κ1) is 43.7. The molecule has 7 heteroatoms. The predicted molar refractivity (Wildman–Crippen MR) is 143 cm³/mol. The SMILES string of the molecule is CCCCCC(C)(CC)C(=O)[O-].CCCCCC(C)(CC)C(=O)[O-].CCCCCCC(C)(C)C(=O)[O-].[Dy+3]. The second kappa shape index (κ2) is 24.7. The third kappa shape index (κ3) is 22.2. The molecule has 0 aliphatic carbocycles. The Labute approximate surface area is 259 Å². The van der Waals surface area contributed by atoms with Gasteiger partial charge in [0.2, 0.25) is 0 Å². The molecule has 0 bridgehead atoms. The summed E-state index contributed by atoms with van der Waals surface area (Å²) in [6, 6.07) is 0. The molecule has 0 N–H and O–H groups in total. The van der Waals surface area contributed by atoms with Gasteiger partial charge in [-0.1, -0.05) is 127 Å². The van der Waals surface area contributed by atoms with Gasteiger partial charge in [-0.25, -0.2) is 0 Å². The molecule has 2 unspecified atom stereocenters. The van der Waals surface area contributed by atoms with Crippen LogP contribution in [0.25, 0.3) is 0 Å². The number of carbonyl (C=O) groups is 3. The number of unbranched alkanes of at least 4 members (excludes halogenated alkanes) is 7. The van der Waals surface area contributed by atoms with E-state index in [1.54, 1.807) is 27.7 Å². The average Bonchev–Trinajstić information content (AvgIpc) is 2.82. The van der Waals surface area contributed by atoms with E-state index < -0.39 is 34.2 Å². The van der Waals surface area contributed by atoms with Crippen molar-refractivity contribution in [3.8, 4) is 0 Å².